The van der Waals surface area contributed by atoms with E-state index in [0.29, 0.717) is 12.5 Å². The molecule has 0 aromatic carbocycles. The Morgan fingerprint density at radius 3 is 2.73 bits per heavy atom. The standard InChI is InChI=1S/C16H25N5O/c1-11(2)20-14-13-15(18-9-17-14)21(10-19-13)8-16(22)6-4-12(3)5-7-16/h9-12,22H,4-8H2,1-3H3,(H,17,18,20). The Balaban J connectivity index is 1.86. The van der Waals surface area contributed by atoms with Gasteiger partial charge in [-0.2, -0.15) is 0 Å². The topological polar surface area (TPSA) is 75.9 Å². The van der Waals surface area contributed by atoms with Crippen LogP contribution >= 0.6 is 0 Å². The van der Waals surface area contributed by atoms with Gasteiger partial charge in [0.1, 0.15) is 11.8 Å². The zero-order valence-electron chi connectivity index (χ0n) is 13.6. The molecule has 0 aliphatic heterocycles. The molecular formula is C16H25N5O. The Labute approximate surface area is 131 Å². The van der Waals surface area contributed by atoms with Crippen molar-refractivity contribution in [3.05, 3.63) is 12.7 Å². The number of aromatic nitrogens is 4. The van der Waals surface area contributed by atoms with Crippen molar-refractivity contribution in [1.82, 2.24) is 19.5 Å². The summed E-state index contributed by atoms with van der Waals surface area (Å²) in [6.45, 7) is 6.94. The lowest BCUT2D eigenvalue weighted by atomic mass is 9.79. The molecule has 1 fully saturated rings. The first-order valence-electron chi connectivity index (χ1n) is 8.11. The van der Waals surface area contributed by atoms with E-state index in [1.54, 1.807) is 12.7 Å². The van der Waals surface area contributed by atoms with E-state index in [4.69, 9.17) is 0 Å². The van der Waals surface area contributed by atoms with Crippen LogP contribution in [0.2, 0.25) is 0 Å². The van der Waals surface area contributed by atoms with Crippen LogP contribution in [-0.4, -0.2) is 36.3 Å². The predicted molar refractivity (Wildman–Crippen MR) is 86.7 cm³/mol. The molecule has 6 heteroatoms. The van der Waals surface area contributed by atoms with Gasteiger partial charge in [-0.1, -0.05) is 6.92 Å². The minimum Gasteiger partial charge on any atom is -0.388 e. The smallest absolute Gasteiger partial charge is 0.165 e. The van der Waals surface area contributed by atoms with Gasteiger partial charge in [0.2, 0.25) is 0 Å². The van der Waals surface area contributed by atoms with Crippen molar-refractivity contribution >= 4 is 17.0 Å². The maximum atomic E-state index is 10.8. The zero-order chi connectivity index (χ0) is 15.7. The van der Waals surface area contributed by atoms with Crippen molar-refractivity contribution in [2.24, 2.45) is 5.92 Å². The van der Waals surface area contributed by atoms with Gasteiger partial charge in [0.05, 0.1) is 18.5 Å². The Kier molecular flexibility index (Phi) is 4.04. The molecule has 2 aromatic heterocycles. The Hall–Kier alpha value is -1.69. The first kappa shape index (κ1) is 15.2. The van der Waals surface area contributed by atoms with Crippen LogP contribution in [0.1, 0.15) is 46.5 Å². The number of imidazole rings is 1. The van der Waals surface area contributed by atoms with E-state index in [0.717, 1.165) is 42.7 Å². The SMILES string of the molecule is CC1CCC(O)(Cn2cnc3c(NC(C)C)ncnc32)CC1. The van der Waals surface area contributed by atoms with E-state index < -0.39 is 5.60 Å². The van der Waals surface area contributed by atoms with Gasteiger partial charge in [-0.05, 0) is 45.4 Å². The van der Waals surface area contributed by atoms with Gasteiger partial charge < -0.3 is 15.0 Å². The second-order valence-electron chi connectivity index (χ2n) is 6.97. The fourth-order valence-electron chi connectivity index (χ4n) is 3.15. The van der Waals surface area contributed by atoms with Crippen LogP contribution in [-0.2, 0) is 6.54 Å². The van der Waals surface area contributed by atoms with Crippen molar-refractivity contribution in [2.45, 2.75) is 64.6 Å². The summed E-state index contributed by atoms with van der Waals surface area (Å²) in [5.41, 5.74) is 0.908. The molecule has 1 aliphatic carbocycles. The van der Waals surface area contributed by atoms with Crippen LogP contribution in [0, 0.1) is 5.92 Å². The maximum absolute atomic E-state index is 10.8. The number of rotatable bonds is 4. The Morgan fingerprint density at radius 1 is 1.32 bits per heavy atom. The quantitative estimate of drug-likeness (QED) is 0.908. The fourth-order valence-corrected chi connectivity index (χ4v) is 3.15. The number of hydrogen-bond acceptors (Lipinski definition) is 5. The number of aliphatic hydroxyl groups is 1. The minimum absolute atomic E-state index is 0.285. The number of nitrogens with one attached hydrogen (secondary N) is 1. The van der Waals surface area contributed by atoms with E-state index in [1.165, 1.54) is 0 Å². The van der Waals surface area contributed by atoms with Gasteiger partial charge in [0, 0.05) is 6.04 Å². The number of fused-ring (bicyclic) bond motifs is 1. The minimum atomic E-state index is -0.642. The largest absolute Gasteiger partial charge is 0.388 e. The summed E-state index contributed by atoms with van der Waals surface area (Å²) in [5, 5.41) is 14.1. The highest BCUT2D eigenvalue weighted by atomic mass is 16.3. The molecule has 120 valence electrons. The van der Waals surface area contributed by atoms with Crippen molar-refractivity contribution in [3.63, 3.8) is 0 Å². The molecule has 0 atom stereocenters. The van der Waals surface area contributed by atoms with Gasteiger partial charge in [-0.15, -0.1) is 0 Å². The number of nitrogens with zero attached hydrogens (tertiary/aromatic N) is 4. The highest BCUT2D eigenvalue weighted by molar-refractivity contribution is 5.82. The molecular weight excluding hydrogens is 278 g/mol. The fraction of sp³-hybridized carbons (Fsp3) is 0.688. The van der Waals surface area contributed by atoms with Gasteiger partial charge in [0.25, 0.3) is 0 Å². The lowest BCUT2D eigenvalue weighted by molar-refractivity contribution is -0.0210. The summed E-state index contributed by atoms with van der Waals surface area (Å²) in [7, 11) is 0. The molecule has 2 heterocycles. The summed E-state index contributed by atoms with van der Waals surface area (Å²) in [5.74, 6) is 1.46. The van der Waals surface area contributed by atoms with Gasteiger partial charge in [-0.25, -0.2) is 15.0 Å². The van der Waals surface area contributed by atoms with Gasteiger partial charge in [0.15, 0.2) is 11.5 Å². The van der Waals surface area contributed by atoms with Crippen molar-refractivity contribution < 1.29 is 5.11 Å². The highest BCUT2D eigenvalue weighted by Gasteiger charge is 2.32. The van der Waals surface area contributed by atoms with Crippen molar-refractivity contribution in [2.75, 3.05) is 5.32 Å². The molecule has 2 aromatic rings. The van der Waals surface area contributed by atoms with E-state index in [-0.39, 0.29) is 6.04 Å². The molecule has 0 unspecified atom stereocenters. The predicted octanol–water partition coefficient (Wildman–Crippen LogP) is 2.59. The molecule has 0 saturated heterocycles. The normalized spacial score (nSPS) is 25.8. The van der Waals surface area contributed by atoms with Crippen LogP contribution in [0.3, 0.4) is 0 Å². The summed E-state index contributed by atoms with van der Waals surface area (Å²) < 4.78 is 1.96. The van der Waals surface area contributed by atoms with Crippen LogP contribution in [0.25, 0.3) is 11.2 Å². The van der Waals surface area contributed by atoms with Crippen LogP contribution < -0.4 is 5.32 Å². The van der Waals surface area contributed by atoms with Crippen LogP contribution in [0.5, 0.6) is 0 Å². The monoisotopic (exact) mass is 303 g/mol. The molecule has 0 radical (unpaired) electrons. The van der Waals surface area contributed by atoms with E-state index in [2.05, 4.69) is 41.0 Å². The molecule has 2 N–H and O–H groups in total. The van der Waals surface area contributed by atoms with Crippen LogP contribution in [0.4, 0.5) is 5.82 Å². The highest BCUT2D eigenvalue weighted by Crippen LogP contribution is 2.33. The van der Waals surface area contributed by atoms with E-state index in [1.807, 2.05) is 4.57 Å². The van der Waals surface area contributed by atoms with Gasteiger partial charge in [-0.3, -0.25) is 0 Å². The third-order valence-electron chi connectivity index (χ3n) is 4.50. The maximum Gasteiger partial charge on any atom is 0.165 e. The first-order valence-corrected chi connectivity index (χ1v) is 8.11. The molecule has 0 spiro atoms. The van der Waals surface area contributed by atoms with Crippen LogP contribution in [0.15, 0.2) is 12.7 Å². The van der Waals surface area contributed by atoms with Crippen molar-refractivity contribution in [3.8, 4) is 0 Å². The molecule has 3 rings (SSSR count). The zero-order valence-corrected chi connectivity index (χ0v) is 13.6. The molecule has 6 nitrogen and oxygen atoms in total. The number of hydrogen-bond donors (Lipinski definition) is 2. The van der Waals surface area contributed by atoms with E-state index >= 15 is 0 Å². The average Bonchev–Trinajstić information content (AvgIpc) is 2.86. The second kappa shape index (κ2) is 5.83. The Bertz CT molecular complexity index is 643. The first-order chi connectivity index (χ1) is 10.5. The Morgan fingerprint density at radius 2 is 2.05 bits per heavy atom. The van der Waals surface area contributed by atoms with E-state index in [9.17, 15) is 5.11 Å². The molecule has 0 amide bonds. The summed E-state index contributed by atoms with van der Waals surface area (Å²) in [6.07, 6.45) is 7.17. The molecule has 1 aliphatic rings. The summed E-state index contributed by atoms with van der Waals surface area (Å²) in [6, 6.07) is 0.285. The summed E-state index contributed by atoms with van der Waals surface area (Å²) >= 11 is 0. The third kappa shape index (κ3) is 3.06. The second-order valence-corrected chi connectivity index (χ2v) is 6.97. The van der Waals surface area contributed by atoms with Crippen molar-refractivity contribution in [1.29, 1.82) is 0 Å². The summed E-state index contributed by atoms with van der Waals surface area (Å²) in [4.78, 5) is 13.1. The molecule has 1 saturated carbocycles. The molecule has 0 bridgehead atoms. The lowest BCUT2D eigenvalue weighted by Crippen LogP contribution is -2.37. The lowest BCUT2D eigenvalue weighted by Gasteiger charge is -2.35. The van der Waals surface area contributed by atoms with Gasteiger partial charge >= 0.3 is 0 Å². The number of anilines is 1. The third-order valence-corrected chi connectivity index (χ3v) is 4.50. The average molecular weight is 303 g/mol. The molecule has 22 heavy (non-hydrogen) atoms.